The van der Waals surface area contributed by atoms with Crippen molar-refractivity contribution in [3.8, 4) is 28.6 Å². The topological polar surface area (TPSA) is 78.2 Å². The lowest BCUT2D eigenvalue weighted by molar-refractivity contribution is 0.0148. The lowest BCUT2D eigenvalue weighted by Crippen LogP contribution is -2.36. The third-order valence-electron chi connectivity index (χ3n) is 5.37. The number of nitrogens with zero attached hydrogens (tertiary/aromatic N) is 3. The number of aromatic nitrogens is 2. The van der Waals surface area contributed by atoms with Crippen LogP contribution in [-0.2, 0) is 23.1 Å². The number of hydrogen-bond acceptors (Lipinski definition) is 7. The van der Waals surface area contributed by atoms with E-state index < -0.39 is 6.10 Å². The molecule has 8 heteroatoms. The van der Waals surface area contributed by atoms with Gasteiger partial charge in [0.25, 0.3) is 0 Å². The van der Waals surface area contributed by atoms with Crippen molar-refractivity contribution in [1.82, 2.24) is 14.7 Å². The average molecular weight is 470 g/mol. The van der Waals surface area contributed by atoms with E-state index in [1.54, 1.807) is 18.9 Å². The second-order valence-corrected chi connectivity index (χ2v) is 7.94. The molecule has 3 rings (SSSR count). The molecule has 0 bridgehead atoms. The van der Waals surface area contributed by atoms with Crippen LogP contribution in [0.25, 0.3) is 11.3 Å². The zero-order valence-electron chi connectivity index (χ0n) is 20.4. The maximum absolute atomic E-state index is 10.5. The van der Waals surface area contributed by atoms with E-state index in [-0.39, 0.29) is 6.61 Å². The Labute approximate surface area is 201 Å². The highest BCUT2D eigenvalue weighted by Crippen LogP contribution is 2.35. The van der Waals surface area contributed by atoms with E-state index in [0.717, 1.165) is 16.8 Å². The molecule has 1 atom stereocenters. The Morgan fingerprint density at radius 1 is 1.06 bits per heavy atom. The van der Waals surface area contributed by atoms with Crippen LogP contribution in [0.4, 0.5) is 0 Å². The van der Waals surface area contributed by atoms with E-state index in [1.165, 1.54) is 0 Å². The highest BCUT2D eigenvalue weighted by molar-refractivity contribution is 5.65. The number of ether oxygens (including phenoxy) is 4. The number of benzene rings is 2. The molecule has 0 aliphatic carbocycles. The van der Waals surface area contributed by atoms with Crippen LogP contribution in [0.3, 0.4) is 0 Å². The van der Waals surface area contributed by atoms with Crippen LogP contribution in [0.1, 0.15) is 12.5 Å². The van der Waals surface area contributed by atoms with Crippen molar-refractivity contribution in [3.63, 3.8) is 0 Å². The van der Waals surface area contributed by atoms with Crippen molar-refractivity contribution in [2.24, 2.45) is 7.05 Å². The summed E-state index contributed by atoms with van der Waals surface area (Å²) in [6, 6.07) is 17.5. The lowest BCUT2D eigenvalue weighted by Gasteiger charge is -2.25. The fraction of sp³-hybridized carbons (Fsp3) is 0.423. The van der Waals surface area contributed by atoms with Gasteiger partial charge in [0.1, 0.15) is 17.2 Å². The van der Waals surface area contributed by atoms with Crippen molar-refractivity contribution < 1.29 is 24.1 Å². The van der Waals surface area contributed by atoms with Crippen LogP contribution in [-0.4, -0.2) is 73.0 Å². The summed E-state index contributed by atoms with van der Waals surface area (Å²) >= 11 is 0. The summed E-state index contributed by atoms with van der Waals surface area (Å²) < 4.78 is 24.2. The fourth-order valence-corrected chi connectivity index (χ4v) is 3.71. The maximum atomic E-state index is 10.5. The molecule has 1 aromatic heterocycles. The molecule has 0 spiro atoms. The summed E-state index contributed by atoms with van der Waals surface area (Å²) in [5, 5.41) is 15.3. The van der Waals surface area contributed by atoms with Gasteiger partial charge < -0.3 is 24.1 Å². The quantitative estimate of drug-likeness (QED) is 0.385. The Balaban J connectivity index is 1.96. The lowest BCUT2D eigenvalue weighted by atomic mass is 10.1. The zero-order chi connectivity index (χ0) is 24.3. The van der Waals surface area contributed by atoms with Gasteiger partial charge in [0.15, 0.2) is 0 Å². The Morgan fingerprint density at radius 3 is 2.53 bits per heavy atom. The van der Waals surface area contributed by atoms with Crippen molar-refractivity contribution >= 4 is 0 Å². The normalized spacial score (nSPS) is 12.2. The Morgan fingerprint density at radius 2 is 1.82 bits per heavy atom. The van der Waals surface area contributed by atoms with Crippen molar-refractivity contribution in [1.29, 1.82) is 0 Å². The van der Waals surface area contributed by atoms with E-state index in [4.69, 9.17) is 24.0 Å². The minimum Gasteiger partial charge on any atom is -0.497 e. The minimum absolute atomic E-state index is 0.283. The Kier molecular flexibility index (Phi) is 9.90. The van der Waals surface area contributed by atoms with Gasteiger partial charge in [-0.05, 0) is 19.1 Å². The number of methoxy groups -OCH3 is 2. The molecule has 3 aromatic rings. The molecule has 0 saturated heterocycles. The highest BCUT2D eigenvalue weighted by atomic mass is 16.5. The highest BCUT2D eigenvalue weighted by Gasteiger charge is 2.23. The SMILES string of the molecule is CCOC[C@@H](O)CN(CCOC)Cc1c(-c2ccccc2)nn(C)c1Oc1cccc(OC)c1. The van der Waals surface area contributed by atoms with Crippen LogP contribution in [0.5, 0.6) is 17.4 Å². The number of aryl methyl sites for hydroxylation is 1. The fourth-order valence-electron chi connectivity index (χ4n) is 3.71. The van der Waals surface area contributed by atoms with Crippen LogP contribution in [0.15, 0.2) is 54.6 Å². The second-order valence-electron chi connectivity index (χ2n) is 7.94. The molecular weight excluding hydrogens is 434 g/mol. The molecule has 0 aliphatic heterocycles. The number of aliphatic hydroxyl groups excluding tert-OH is 1. The third kappa shape index (κ3) is 7.04. The van der Waals surface area contributed by atoms with Gasteiger partial charge in [0.2, 0.25) is 5.88 Å². The molecule has 184 valence electrons. The summed E-state index contributed by atoms with van der Waals surface area (Å²) in [7, 11) is 5.17. The first-order chi connectivity index (χ1) is 16.5. The predicted octanol–water partition coefficient (Wildman–Crippen LogP) is 3.73. The van der Waals surface area contributed by atoms with Crippen molar-refractivity contribution in [3.05, 3.63) is 60.2 Å². The molecule has 2 aromatic carbocycles. The number of rotatable bonds is 14. The van der Waals surface area contributed by atoms with Gasteiger partial charge >= 0.3 is 0 Å². The first kappa shape index (κ1) is 25.7. The van der Waals surface area contributed by atoms with Gasteiger partial charge in [-0.15, -0.1) is 0 Å². The molecule has 1 heterocycles. The van der Waals surface area contributed by atoms with Gasteiger partial charge in [0, 0.05) is 52.0 Å². The molecule has 0 saturated carbocycles. The smallest absolute Gasteiger partial charge is 0.222 e. The first-order valence-electron chi connectivity index (χ1n) is 11.5. The van der Waals surface area contributed by atoms with Crippen molar-refractivity contribution in [2.45, 2.75) is 19.6 Å². The van der Waals surface area contributed by atoms with Gasteiger partial charge in [-0.3, -0.25) is 4.90 Å². The second kappa shape index (κ2) is 13.1. The van der Waals surface area contributed by atoms with E-state index in [1.807, 2.05) is 68.6 Å². The standard InChI is InChI=1S/C26H35N3O5/c1-5-33-19-21(30)17-29(14-15-31-3)18-24-25(20-10-7-6-8-11-20)27-28(2)26(24)34-23-13-9-12-22(16-23)32-4/h6-13,16,21,30H,5,14-15,17-19H2,1-4H3/t21-/m0/s1. The molecule has 34 heavy (non-hydrogen) atoms. The Bertz CT molecular complexity index is 1010. The number of hydrogen-bond donors (Lipinski definition) is 1. The van der Waals surface area contributed by atoms with Gasteiger partial charge in [0.05, 0.1) is 32.0 Å². The number of aliphatic hydroxyl groups is 1. The van der Waals surface area contributed by atoms with Gasteiger partial charge in [-0.25, -0.2) is 4.68 Å². The Hall–Kier alpha value is -2.91. The van der Waals surface area contributed by atoms with Gasteiger partial charge in [-0.2, -0.15) is 5.10 Å². The van der Waals surface area contributed by atoms with Crippen LogP contribution in [0, 0.1) is 0 Å². The van der Waals surface area contributed by atoms with Gasteiger partial charge in [-0.1, -0.05) is 36.4 Å². The molecule has 0 fully saturated rings. The van der Waals surface area contributed by atoms with Crippen LogP contribution < -0.4 is 9.47 Å². The molecule has 1 N–H and O–H groups in total. The largest absolute Gasteiger partial charge is 0.497 e. The average Bonchev–Trinajstić information content (AvgIpc) is 3.16. The zero-order valence-corrected chi connectivity index (χ0v) is 20.4. The van der Waals surface area contributed by atoms with E-state index in [2.05, 4.69) is 4.90 Å². The van der Waals surface area contributed by atoms with Crippen LogP contribution >= 0.6 is 0 Å². The first-order valence-corrected chi connectivity index (χ1v) is 11.5. The van der Waals surface area contributed by atoms with E-state index >= 15 is 0 Å². The van der Waals surface area contributed by atoms with Crippen LogP contribution in [0.2, 0.25) is 0 Å². The monoisotopic (exact) mass is 469 g/mol. The van der Waals surface area contributed by atoms with Crippen molar-refractivity contribution in [2.75, 3.05) is 47.1 Å². The maximum Gasteiger partial charge on any atom is 0.222 e. The summed E-state index contributed by atoms with van der Waals surface area (Å²) in [5.41, 5.74) is 2.76. The summed E-state index contributed by atoms with van der Waals surface area (Å²) in [4.78, 5) is 2.13. The van der Waals surface area contributed by atoms with E-state index in [9.17, 15) is 5.11 Å². The molecule has 0 aliphatic rings. The molecular formula is C26H35N3O5. The third-order valence-corrected chi connectivity index (χ3v) is 5.37. The molecule has 0 radical (unpaired) electrons. The minimum atomic E-state index is -0.614. The summed E-state index contributed by atoms with van der Waals surface area (Å²) in [5.74, 6) is 2.00. The molecule has 8 nitrogen and oxygen atoms in total. The predicted molar refractivity (Wildman–Crippen MR) is 131 cm³/mol. The molecule has 0 amide bonds. The van der Waals surface area contributed by atoms with E-state index in [0.29, 0.717) is 50.2 Å². The summed E-state index contributed by atoms with van der Waals surface area (Å²) in [6.07, 6.45) is -0.614. The summed E-state index contributed by atoms with van der Waals surface area (Å²) in [6.45, 7) is 4.89. The molecule has 0 unspecified atom stereocenters.